The molecule has 0 bridgehead atoms. The van der Waals surface area contributed by atoms with Crippen molar-refractivity contribution in [2.24, 2.45) is 0 Å². The number of hydrogen-bond acceptors (Lipinski definition) is 4. The Morgan fingerprint density at radius 1 is 0.974 bits per heavy atom. The predicted molar refractivity (Wildman–Crippen MR) is 137 cm³/mol. The normalized spacial score (nSPS) is 13.3. The number of rotatable bonds is 6. The van der Waals surface area contributed by atoms with Crippen LogP contribution in [0.25, 0.3) is 11.0 Å². The molecule has 196 valence electrons. The SMILES string of the molecule is COCc1nc2c(C(=O)Nc3cccc4c3CCCC4)cc(NC(=O)c3ccccc3C(F)(F)F)cc2[nH]1. The highest BCUT2D eigenvalue weighted by Crippen LogP contribution is 2.33. The number of nitrogens with one attached hydrogen (secondary N) is 3. The maximum absolute atomic E-state index is 13.5. The topological polar surface area (TPSA) is 96.1 Å². The zero-order valence-electron chi connectivity index (χ0n) is 20.5. The highest BCUT2D eigenvalue weighted by molar-refractivity contribution is 6.14. The zero-order chi connectivity index (χ0) is 26.9. The molecular weight excluding hydrogens is 497 g/mol. The minimum Gasteiger partial charge on any atom is -0.377 e. The summed E-state index contributed by atoms with van der Waals surface area (Å²) in [5.74, 6) is -0.937. The minimum absolute atomic E-state index is 0.146. The fourth-order valence-corrected chi connectivity index (χ4v) is 4.83. The van der Waals surface area contributed by atoms with Crippen molar-refractivity contribution in [1.82, 2.24) is 9.97 Å². The van der Waals surface area contributed by atoms with Gasteiger partial charge in [-0.25, -0.2) is 4.98 Å². The van der Waals surface area contributed by atoms with Crippen LogP contribution in [0.2, 0.25) is 0 Å². The van der Waals surface area contributed by atoms with Gasteiger partial charge in [-0.05, 0) is 67.1 Å². The fraction of sp³-hybridized carbons (Fsp3) is 0.250. The van der Waals surface area contributed by atoms with E-state index < -0.39 is 29.1 Å². The van der Waals surface area contributed by atoms with Crippen LogP contribution in [0.5, 0.6) is 0 Å². The van der Waals surface area contributed by atoms with Crippen LogP contribution in [-0.2, 0) is 30.4 Å². The Labute approximate surface area is 216 Å². The van der Waals surface area contributed by atoms with Gasteiger partial charge in [0.15, 0.2) is 0 Å². The molecule has 0 atom stereocenters. The lowest BCUT2D eigenvalue weighted by Crippen LogP contribution is -2.19. The molecule has 1 aliphatic rings. The number of halogens is 3. The fourth-order valence-electron chi connectivity index (χ4n) is 4.83. The number of aryl methyl sites for hydroxylation is 1. The van der Waals surface area contributed by atoms with Gasteiger partial charge in [-0.2, -0.15) is 13.2 Å². The van der Waals surface area contributed by atoms with Crippen molar-refractivity contribution in [3.8, 4) is 0 Å². The van der Waals surface area contributed by atoms with Crippen LogP contribution in [0.1, 0.15) is 56.1 Å². The lowest BCUT2D eigenvalue weighted by atomic mass is 9.90. The van der Waals surface area contributed by atoms with Gasteiger partial charge in [0.1, 0.15) is 17.9 Å². The maximum Gasteiger partial charge on any atom is 0.417 e. The Balaban J connectivity index is 1.52. The second kappa shape index (κ2) is 10.3. The number of aromatic nitrogens is 2. The molecule has 1 aliphatic carbocycles. The van der Waals surface area contributed by atoms with E-state index in [1.165, 1.54) is 36.9 Å². The first-order chi connectivity index (χ1) is 18.2. The number of methoxy groups -OCH3 is 1. The Hall–Kier alpha value is -4.18. The van der Waals surface area contributed by atoms with Crippen molar-refractivity contribution in [1.29, 1.82) is 0 Å². The van der Waals surface area contributed by atoms with E-state index >= 15 is 0 Å². The largest absolute Gasteiger partial charge is 0.417 e. The van der Waals surface area contributed by atoms with Crippen molar-refractivity contribution < 1.29 is 27.5 Å². The van der Waals surface area contributed by atoms with Gasteiger partial charge in [-0.3, -0.25) is 9.59 Å². The van der Waals surface area contributed by atoms with Crippen molar-refractivity contribution in [2.45, 2.75) is 38.5 Å². The molecule has 3 aromatic carbocycles. The smallest absolute Gasteiger partial charge is 0.377 e. The van der Waals surface area contributed by atoms with Crippen LogP contribution in [-0.4, -0.2) is 28.9 Å². The average molecular weight is 523 g/mol. The lowest BCUT2D eigenvalue weighted by Gasteiger charge is -2.19. The third kappa shape index (κ3) is 5.12. The number of aromatic amines is 1. The zero-order valence-corrected chi connectivity index (χ0v) is 20.5. The number of benzene rings is 3. The lowest BCUT2D eigenvalue weighted by molar-refractivity contribution is -0.137. The van der Waals surface area contributed by atoms with Gasteiger partial charge in [0.05, 0.1) is 22.2 Å². The van der Waals surface area contributed by atoms with Crippen molar-refractivity contribution >= 4 is 34.2 Å². The summed E-state index contributed by atoms with van der Waals surface area (Å²) in [4.78, 5) is 33.9. The molecule has 0 saturated carbocycles. The van der Waals surface area contributed by atoms with Gasteiger partial charge in [0, 0.05) is 18.5 Å². The van der Waals surface area contributed by atoms with Gasteiger partial charge in [-0.1, -0.05) is 24.3 Å². The number of nitrogens with zero attached hydrogens (tertiary/aromatic N) is 1. The van der Waals surface area contributed by atoms with E-state index in [4.69, 9.17) is 4.74 Å². The summed E-state index contributed by atoms with van der Waals surface area (Å²) in [5.41, 5.74) is 2.53. The molecule has 5 rings (SSSR count). The summed E-state index contributed by atoms with van der Waals surface area (Å²) in [5, 5.41) is 5.49. The van der Waals surface area contributed by atoms with Crippen LogP contribution in [0, 0.1) is 0 Å². The number of ether oxygens (including phenoxy) is 1. The summed E-state index contributed by atoms with van der Waals surface area (Å²) in [6.07, 6.45) is -0.763. The van der Waals surface area contributed by atoms with Crippen LogP contribution >= 0.6 is 0 Å². The van der Waals surface area contributed by atoms with Crippen molar-refractivity contribution in [2.75, 3.05) is 17.7 Å². The molecule has 38 heavy (non-hydrogen) atoms. The van der Waals surface area contributed by atoms with Crippen LogP contribution < -0.4 is 10.6 Å². The number of imidazole rings is 1. The minimum atomic E-state index is -4.70. The molecule has 4 aromatic rings. The Morgan fingerprint density at radius 2 is 1.74 bits per heavy atom. The summed E-state index contributed by atoms with van der Waals surface area (Å²) in [6.45, 7) is 0.155. The first-order valence-corrected chi connectivity index (χ1v) is 12.2. The summed E-state index contributed by atoms with van der Waals surface area (Å²) in [6, 6.07) is 13.3. The first-order valence-electron chi connectivity index (χ1n) is 12.2. The number of alkyl halides is 3. The van der Waals surface area contributed by atoms with Gasteiger partial charge >= 0.3 is 6.18 Å². The first kappa shape index (κ1) is 25.5. The number of hydrogen-bond donors (Lipinski definition) is 3. The Bertz CT molecular complexity index is 1530. The Kier molecular flexibility index (Phi) is 6.90. The molecule has 0 aliphatic heterocycles. The second-order valence-electron chi connectivity index (χ2n) is 9.14. The molecule has 0 unspecified atom stereocenters. The van der Waals surface area contributed by atoms with Crippen molar-refractivity contribution in [3.05, 3.63) is 88.2 Å². The quantitative estimate of drug-likeness (QED) is 0.285. The number of fused-ring (bicyclic) bond motifs is 2. The number of carbonyl (C=O) groups excluding carboxylic acids is 2. The Morgan fingerprint density at radius 3 is 2.53 bits per heavy atom. The summed E-state index contributed by atoms with van der Waals surface area (Å²) >= 11 is 0. The number of anilines is 2. The number of carbonyl (C=O) groups is 2. The average Bonchev–Trinajstić information content (AvgIpc) is 3.30. The van der Waals surface area contributed by atoms with Gasteiger partial charge in [0.2, 0.25) is 0 Å². The molecule has 0 fully saturated rings. The molecule has 1 aromatic heterocycles. The summed E-state index contributed by atoms with van der Waals surface area (Å²) < 4.78 is 45.6. The molecular formula is C28H25F3N4O3. The van der Waals surface area contributed by atoms with E-state index in [0.29, 0.717) is 22.5 Å². The van der Waals surface area contributed by atoms with Gasteiger partial charge in [-0.15, -0.1) is 0 Å². The molecule has 0 saturated heterocycles. The molecule has 10 heteroatoms. The van der Waals surface area contributed by atoms with E-state index in [1.807, 2.05) is 12.1 Å². The highest BCUT2D eigenvalue weighted by Gasteiger charge is 2.35. The van der Waals surface area contributed by atoms with Crippen LogP contribution in [0.15, 0.2) is 54.6 Å². The molecule has 0 spiro atoms. The van der Waals surface area contributed by atoms with Gasteiger partial charge < -0.3 is 20.4 Å². The molecule has 0 radical (unpaired) electrons. The summed E-state index contributed by atoms with van der Waals surface area (Å²) in [7, 11) is 1.50. The third-order valence-electron chi connectivity index (χ3n) is 6.54. The van der Waals surface area contributed by atoms with E-state index in [1.54, 1.807) is 0 Å². The van der Waals surface area contributed by atoms with Gasteiger partial charge in [0.25, 0.3) is 11.8 Å². The molecule has 7 nitrogen and oxygen atoms in total. The standard InChI is InChI=1S/C28H25F3N4O3/c1-38-15-24-33-23-14-17(32-26(36)19-10-4-5-11-21(19)28(29,30)31)13-20(25(23)35-24)27(37)34-22-12-6-8-16-7-2-3-9-18(16)22/h4-6,8,10-14H,2-3,7,9,15H2,1H3,(H,32,36)(H,33,35)(H,34,37). The van der Waals surface area contributed by atoms with Crippen LogP contribution in [0.3, 0.4) is 0 Å². The number of amides is 2. The molecule has 3 N–H and O–H groups in total. The van der Waals surface area contributed by atoms with Crippen LogP contribution in [0.4, 0.5) is 24.5 Å². The highest BCUT2D eigenvalue weighted by atomic mass is 19.4. The third-order valence-corrected chi connectivity index (χ3v) is 6.54. The van der Waals surface area contributed by atoms with E-state index in [0.717, 1.165) is 43.4 Å². The van der Waals surface area contributed by atoms with E-state index in [-0.39, 0.29) is 17.9 Å². The second-order valence-corrected chi connectivity index (χ2v) is 9.14. The van der Waals surface area contributed by atoms with E-state index in [2.05, 4.69) is 26.7 Å². The van der Waals surface area contributed by atoms with Crippen molar-refractivity contribution in [3.63, 3.8) is 0 Å². The molecule has 2 amide bonds. The predicted octanol–water partition coefficient (Wildman–Crippen LogP) is 6.11. The maximum atomic E-state index is 13.5. The number of H-pyrrole nitrogens is 1. The van der Waals surface area contributed by atoms with E-state index in [9.17, 15) is 22.8 Å². The molecule has 1 heterocycles. The monoisotopic (exact) mass is 522 g/mol.